The number of methoxy groups -OCH3 is 1. The van der Waals surface area contributed by atoms with Crippen molar-refractivity contribution in [2.75, 3.05) is 7.11 Å². The number of carbonyl (C=O) groups excluding carboxylic acids is 2. The van der Waals surface area contributed by atoms with Crippen LogP contribution in [0.4, 0.5) is 0 Å². The van der Waals surface area contributed by atoms with Crippen LogP contribution in [0.5, 0.6) is 0 Å². The summed E-state index contributed by atoms with van der Waals surface area (Å²) in [6.45, 7) is 4.97. The van der Waals surface area contributed by atoms with Gasteiger partial charge in [0, 0.05) is 5.41 Å². The van der Waals surface area contributed by atoms with Crippen molar-refractivity contribution in [1.29, 1.82) is 10.5 Å². The number of ketones is 1. The van der Waals surface area contributed by atoms with E-state index < -0.39 is 22.6 Å². The third-order valence-electron chi connectivity index (χ3n) is 3.49. The Morgan fingerprint density at radius 2 is 1.94 bits per heavy atom. The first kappa shape index (κ1) is 13.9. The normalized spacial score (nSPS) is 26.2. The number of esters is 1. The van der Waals surface area contributed by atoms with Crippen LogP contribution in [-0.4, -0.2) is 18.9 Å². The largest absolute Gasteiger partial charge is 0.467 e. The van der Waals surface area contributed by atoms with Crippen LogP contribution in [0.1, 0.15) is 27.2 Å². The number of nitrogens with zero attached hydrogens (tertiary/aromatic N) is 2. The van der Waals surface area contributed by atoms with E-state index in [4.69, 9.17) is 5.26 Å². The van der Waals surface area contributed by atoms with Crippen LogP contribution in [0.25, 0.3) is 0 Å². The molecule has 0 heterocycles. The Hall–Kier alpha value is -2.14. The molecule has 1 unspecified atom stereocenters. The van der Waals surface area contributed by atoms with Gasteiger partial charge in [0.05, 0.1) is 18.8 Å². The number of ether oxygens (including phenoxy) is 1. The monoisotopic (exact) mass is 246 g/mol. The Labute approximate surface area is 106 Å². The molecule has 5 heteroatoms. The van der Waals surface area contributed by atoms with Crippen LogP contribution >= 0.6 is 0 Å². The summed E-state index contributed by atoms with van der Waals surface area (Å²) in [7, 11) is 1.13. The van der Waals surface area contributed by atoms with Crippen LogP contribution in [0.3, 0.4) is 0 Å². The highest BCUT2D eigenvalue weighted by Gasteiger charge is 2.61. The quantitative estimate of drug-likeness (QED) is 0.516. The van der Waals surface area contributed by atoms with Gasteiger partial charge in [-0.3, -0.25) is 4.79 Å². The van der Waals surface area contributed by atoms with Crippen LogP contribution in [-0.2, 0) is 14.3 Å². The van der Waals surface area contributed by atoms with Crippen molar-refractivity contribution in [2.45, 2.75) is 27.2 Å². The maximum absolute atomic E-state index is 12.3. The minimum Gasteiger partial charge on any atom is -0.467 e. The number of hydrogen-bond acceptors (Lipinski definition) is 5. The lowest BCUT2D eigenvalue weighted by Crippen LogP contribution is -2.53. The molecule has 0 aromatic carbocycles. The Morgan fingerprint density at radius 1 is 1.39 bits per heavy atom. The summed E-state index contributed by atoms with van der Waals surface area (Å²) in [4.78, 5) is 24.2. The predicted molar refractivity (Wildman–Crippen MR) is 61.8 cm³/mol. The van der Waals surface area contributed by atoms with E-state index in [1.54, 1.807) is 32.9 Å². The summed E-state index contributed by atoms with van der Waals surface area (Å²) in [5.74, 6) is -1.66. The third kappa shape index (κ3) is 1.52. The average molecular weight is 246 g/mol. The minimum absolute atomic E-state index is 0.110. The lowest BCUT2D eigenvalue weighted by Gasteiger charge is -2.41. The summed E-state index contributed by atoms with van der Waals surface area (Å²) < 4.78 is 4.60. The van der Waals surface area contributed by atoms with E-state index in [0.29, 0.717) is 12.0 Å². The van der Waals surface area contributed by atoms with Crippen LogP contribution in [0, 0.1) is 33.5 Å². The molecule has 0 aliphatic heterocycles. The van der Waals surface area contributed by atoms with E-state index in [2.05, 4.69) is 4.74 Å². The van der Waals surface area contributed by atoms with E-state index in [-0.39, 0.29) is 5.57 Å². The van der Waals surface area contributed by atoms with E-state index in [1.165, 1.54) is 0 Å². The van der Waals surface area contributed by atoms with Gasteiger partial charge in [0.2, 0.25) is 11.2 Å². The molecule has 0 amide bonds. The summed E-state index contributed by atoms with van der Waals surface area (Å²) >= 11 is 0. The zero-order valence-corrected chi connectivity index (χ0v) is 10.8. The predicted octanol–water partition coefficient (Wildman–Crippen LogP) is 1.51. The number of rotatable bonds is 1. The second-order valence-corrected chi connectivity index (χ2v) is 5.01. The van der Waals surface area contributed by atoms with Crippen molar-refractivity contribution in [2.24, 2.45) is 10.8 Å². The summed E-state index contributed by atoms with van der Waals surface area (Å²) in [6.07, 6.45) is 0.324. The number of allylic oxidation sites excluding steroid dienone is 2. The fourth-order valence-corrected chi connectivity index (χ4v) is 2.49. The number of Topliss-reactive ketones (excluding diaryl/α,β-unsaturated/α-hetero) is 1. The molecule has 0 N–H and O–H groups in total. The zero-order valence-electron chi connectivity index (χ0n) is 10.8. The number of carbonyl (C=O) groups is 2. The molecule has 18 heavy (non-hydrogen) atoms. The highest BCUT2D eigenvalue weighted by molar-refractivity contribution is 6.18. The van der Waals surface area contributed by atoms with Gasteiger partial charge in [-0.2, -0.15) is 10.5 Å². The van der Waals surface area contributed by atoms with Gasteiger partial charge in [0.15, 0.2) is 0 Å². The Morgan fingerprint density at radius 3 is 2.33 bits per heavy atom. The molecule has 0 saturated carbocycles. The van der Waals surface area contributed by atoms with E-state index in [0.717, 1.165) is 7.11 Å². The first-order valence-corrected chi connectivity index (χ1v) is 5.42. The minimum atomic E-state index is -1.94. The van der Waals surface area contributed by atoms with Crippen molar-refractivity contribution in [3.05, 3.63) is 11.1 Å². The lowest BCUT2D eigenvalue weighted by molar-refractivity contribution is -0.160. The van der Waals surface area contributed by atoms with Crippen molar-refractivity contribution in [3.8, 4) is 12.1 Å². The van der Waals surface area contributed by atoms with Crippen molar-refractivity contribution in [1.82, 2.24) is 0 Å². The fourth-order valence-electron chi connectivity index (χ4n) is 2.49. The molecular weight excluding hydrogens is 232 g/mol. The second-order valence-electron chi connectivity index (χ2n) is 5.01. The van der Waals surface area contributed by atoms with Gasteiger partial charge in [-0.15, -0.1) is 0 Å². The van der Waals surface area contributed by atoms with Gasteiger partial charge in [-0.25, -0.2) is 4.79 Å². The standard InChI is InChI=1S/C13H14N2O3/c1-8-5-12(2,3)13(7-15,11(17)18-4)10(16)9(8)6-14/h5H2,1-4H3. The topological polar surface area (TPSA) is 90.9 Å². The molecule has 0 spiro atoms. The SMILES string of the molecule is COC(=O)C1(C#N)C(=O)C(C#N)=C(C)CC1(C)C. The molecule has 1 aliphatic carbocycles. The third-order valence-corrected chi connectivity index (χ3v) is 3.49. The summed E-state index contributed by atoms with van der Waals surface area (Å²) in [5, 5.41) is 18.3. The van der Waals surface area contributed by atoms with E-state index in [1.807, 2.05) is 0 Å². The molecule has 1 rings (SSSR count). The molecule has 0 saturated heterocycles. The maximum atomic E-state index is 12.3. The van der Waals surface area contributed by atoms with Gasteiger partial charge in [-0.05, 0) is 13.3 Å². The van der Waals surface area contributed by atoms with Crippen molar-refractivity contribution in [3.63, 3.8) is 0 Å². The van der Waals surface area contributed by atoms with Crippen LogP contribution in [0.15, 0.2) is 11.1 Å². The lowest BCUT2D eigenvalue weighted by atomic mass is 9.56. The highest BCUT2D eigenvalue weighted by atomic mass is 16.5. The van der Waals surface area contributed by atoms with E-state index in [9.17, 15) is 14.9 Å². The molecule has 0 bridgehead atoms. The highest BCUT2D eigenvalue weighted by Crippen LogP contribution is 2.50. The first-order valence-electron chi connectivity index (χ1n) is 5.42. The first-order chi connectivity index (χ1) is 8.28. The Kier molecular flexibility index (Phi) is 3.30. The summed E-state index contributed by atoms with van der Waals surface area (Å²) in [6, 6.07) is 3.56. The average Bonchev–Trinajstić information content (AvgIpc) is 2.28. The smallest absolute Gasteiger partial charge is 0.334 e. The molecule has 0 aromatic rings. The van der Waals surface area contributed by atoms with Crippen molar-refractivity contribution < 1.29 is 14.3 Å². The Bertz CT molecular complexity index is 531. The maximum Gasteiger partial charge on any atom is 0.334 e. The number of nitriles is 2. The van der Waals surface area contributed by atoms with Gasteiger partial charge >= 0.3 is 5.97 Å². The van der Waals surface area contributed by atoms with Gasteiger partial charge in [0.1, 0.15) is 6.07 Å². The molecule has 0 radical (unpaired) electrons. The molecule has 1 atom stereocenters. The Balaban J connectivity index is 3.63. The zero-order chi connectivity index (χ0) is 14.1. The van der Waals surface area contributed by atoms with Gasteiger partial charge in [0.25, 0.3) is 0 Å². The molecule has 0 aromatic heterocycles. The molecule has 1 aliphatic rings. The van der Waals surface area contributed by atoms with Crippen molar-refractivity contribution >= 4 is 11.8 Å². The van der Waals surface area contributed by atoms with E-state index >= 15 is 0 Å². The summed E-state index contributed by atoms with van der Waals surface area (Å²) in [5.41, 5.74) is -2.36. The molecule has 5 nitrogen and oxygen atoms in total. The molecule has 94 valence electrons. The van der Waals surface area contributed by atoms with Crippen LogP contribution < -0.4 is 0 Å². The van der Waals surface area contributed by atoms with Gasteiger partial charge < -0.3 is 4.74 Å². The number of hydrogen-bond donors (Lipinski definition) is 0. The van der Waals surface area contributed by atoms with Crippen LogP contribution in [0.2, 0.25) is 0 Å². The van der Waals surface area contributed by atoms with Gasteiger partial charge in [-0.1, -0.05) is 19.4 Å². The molecule has 0 fully saturated rings. The fraction of sp³-hybridized carbons (Fsp3) is 0.538. The molecular formula is C13H14N2O3. The second kappa shape index (κ2) is 4.27.